The first-order valence-electron chi connectivity index (χ1n) is 6.43. The Balaban J connectivity index is 1.79. The van der Waals surface area contributed by atoms with Gasteiger partial charge in [-0.05, 0) is 19.4 Å². The van der Waals surface area contributed by atoms with Crippen LogP contribution in [-0.2, 0) is 9.47 Å². The van der Waals surface area contributed by atoms with E-state index in [1.165, 1.54) is 12.8 Å². The van der Waals surface area contributed by atoms with E-state index in [1.54, 1.807) is 0 Å². The molecule has 2 fully saturated rings. The fourth-order valence-corrected chi connectivity index (χ4v) is 2.69. The molecule has 0 aromatic heterocycles. The molecular weight excluding hydrogens is 206 g/mol. The average molecular weight is 229 g/mol. The van der Waals surface area contributed by atoms with Gasteiger partial charge in [0.2, 0.25) is 0 Å². The van der Waals surface area contributed by atoms with Crippen LogP contribution in [0.5, 0.6) is 0 Å². The van der Waals surface area contributed by atoms with E-state index in [2.05, 4.69) is 11.8 Å². The summed E-state index contributed by atoms with van der Waals surface area (Å²) in [5, 5.41) is 8.93. The zero-order valence-corrected chi connectivity index (χ0v) is 10.2. The number of likely N-dealkylation sites (N-methyl/N-ethyl adjacent to an activating group) is 1. The summed E-state index contributed by atoms with van der Waals surface area (Å²) in [4.78, 5) is 2.21. The monoisotopic (exact) mass is 229 g/mol. The third kappa shape index (κ3) is 2.74. The van der Waals surface area contributed by atoms with Crippen LogP contribution in [0.4, 0.5) is 0 Å². The van der Waals surface area contributed by atoms with Gasteiger partial charge in [0.1, 0.15) is 0 Å². The highest BCUT2D eigenvalue weighted by Gasteiger charge is 2.43. The van der Waals surface area contributed by atoms with Gasteiger partial charge in [0, 0.05) is 25.9 Å². The zero-order valence-electron chi connectivity index (χ0n) is 10.2. The molecule has 0 aromatic carbocycles. The number of hydrogen-bond acceptors (Lipinski definition) is 4. The van der Waals surface area contributed by atoms with Gasteiger partial charge in [-0.1, -0.05) is 6.92 Å². The lowest BCUT2D eigenvalue weighted by atomic mass is 10.2. The highest BCUT2D eigenvalue weighted by atomic mass is 16.7. The normalized spacial score (nSPS) is 28.3. The van der Waals surface area contributed by atoms with Crippen molar-refractivity contribution in [2.24, 2.45) is 0 Å². The number of hydrogen-bond donors (Lipinski definition) is 1. The number of aliphatic hydroxyl groups is 1. The van der Waals surface area contributed by atoms with E-state index in [0.717, 1.165) is 32.5 Å². The molecule has 1 spiro atoms. The van der Waals surface area contributed by atoms with E-state index >= 15 is 0 Å². The summed E-state index contributed by atoms with van der Waals surface area (Å²) in [6.07, 6.45) is 4.73. The summed E-state index contributed by atoms with van der Waals surface area (Å²) in [7, 11) is 0. The second-order valence-corrected chi connectivity index (χ2v) is 4.79. The smallest absolute Gasteiger partial charge is 0.168 e. The Kier molecular flexibility index (Phi) is 4.19. The maximum atomic E-state index is 8.93. The Hall–Kier alpha value is -0.160. The van der Waals surface area contributed by atoms with Gasteiger partial charge in [-0.25, -0.2) is 0 Å². The van der Waals surface area contributed by atoms with Crippen LogP contribution in [0.15, 0.2) is 0 Å². The van der Waals surface area contributed by atoms with Gasteiger partial charge in [-0.15, -0.1) is 0 Å². The Morgan fingerprint density at radius 1 is 1.38 bits per heavy atom. The van der Waals surface area contributed by atoms with Crippen molar-refractivity contribution in [2.45, 2.75) is 44.5 Å². The van der Waals surface area contributed by atoms with Crippen molar-refractivity contribution in [3.05, 3.63) is 0 Å². The minimum absolute atomic E-state index is 0.185. The third-order valence-corrected chi connectivity index (χ3v) is 3.60. The largest absolute Gasteiger partial charge is 0.395 e. The molecule has 4 heteroatoms. The van der Waals surface area contributed by atoms with E-state index in [4.69, 9.17) is 14.6 Å². The third-order valence-electron chi connectivity index (χ3n) is 3.60. The lowest BCUT2D eigenvalue weighted by molar-refractivity contribution is -0.163. The maximum Gasteiger partial charge on any atom is 0.168 e. The van der Waals surface area contributed by atoms with Crippen LogP contribution < -0.4 is 0 Å². The molecule has 16 heavy (non-hydrogen) atoms. The first-order valence-corrected chi connectivity index (χ1v) is 6.43. The van der Waals surface area contributed by atoms with E-state index in [0.29, 0.717) is 6.61 Å². The lowest BCUT2D eigenvalue weighted by Gasteiger charge is -2.25. The minimum atomic E-state index is -0.247. The summed E-state index contributed by atoms with van der Waals surface area (Å²) in [5.74, 6) is -0.247. The second-order valence-electron chi connectivity index (χ2n) is 4.79. The molecule has 1 heterocycles. The molecule has 4 nitrogen and oxygen atoms in total. The molecule has 1 N–H and O–H groups in total. The Labute approximate surface area is 97.5 Å². The van der Waals surface area contributed by atoms with Gasteiger partial charge in [-0.2, -0.15) is 0 Å². The van der Waals surface area contributed by atoms with Gasteiger partial charge in [0.05, 0.1) is 19.3 Å². The summed E-state index contributed by atoms with van der Waals surface area (Å²) >= 11 is 0. The van der Waals surface area contributed by atoms with Crippen LogP contribution in [0.3, 0.4) is 0 Å². The van der Waals surface area contributed by atoms with Gasteiger partial charge < -0.3 is 14.6 Å². The van der Waals surface area contributed by atoms with Crippen molar-refractivity contribution in [1.29, 1.82) is 0 Å². The molecule has 0 bridgehead atoms. The summed E-state index contributed by atoms with van der Waals surface area (Å²) in [6.45, 7) is 5.58. The molecule has 1 aliphatic heterocycles. The first-order chi connectivity index (χ1) is 7.78. The van der Waals surface area contributed by atoms with E-state index < -0.39 is 0 Å². The number of ether oxygens (including phenoxy) is 2. The molecule has 0 aromatic rings. The second kappa shape index (κ2) is 5.45. The van der Waals surface area contributed by atoms with Crippen molar-refractivity contribution in [2.75, 3.05) is 32.8 Å². The fourth-order valence-electron chi connectivity index (χ4n) is 2.69. The first kappa shape index (κ1) is 12.3. The Morgan fingerprint density at radius 3 is 2.75 bits per heavy atom. The van der Waals surface area contributed by atoms with Crippen LogP contribution >= 0.6 is 0 Å². The Bertz CT molecular complexity index is 216. The maximum absolute atomic E-state index is 8.93. The van der Waals surface area contributed by atoms with E-state index in [9.17, 15) is 0 Å². The predicted molar refractivity (Wildman–Crippen MR) is 61.2 cm³/mol. The van der Waals surface area contributed by atoms with Crippen molar-refractivity contribution in [3.8, 4) is 0 Å². The Morgan fingerprint density at radius 2 is 2.12 bits per heavy atom. The van der Waals surface area contributed by atoms with Crippen LogP contribution in [0.2, 0.25) is 0 Å². The fraction of sp³-hybridized carbons (Fsp3) is 1.00. The molecule has 1 aliphatic carbocycles. The molecule has 1 saturated carbocycles. The highest BCUT2D eigenvalue weighted by Crippen LogP contribution is 2.39. The molecule has 1 atom stereocenters. The van der Waals surface area contributed by atoms with E-state index in [-0.39, 0.29) is 18.5 Å². The number of aliphatic hydroxyl groups excluding tert-OH is 1. The number of nitrogens with zero attached hydrogens (tertiary/aromatic N) is 1. The van der Waals surface area contributed by atoms with Crippen LogP contribution in [0, 0.1) is 0 Å². The van der Waals surface area contributed by atoms with Crippen molar-refractivity contribution >= 4 is 0 Å². The van der Waals surface area contributed by atoms with Crippen molar-refractivity contribution in [3.63, 3.8) is 0 Å². The predicted octanol–water partition coefficient (Wildman–Crippen LogP) is 0.986. The molecule has 2 aliphatic rings. The van der Waals surface area contributed by atoms with Crippen LogP contribution in [-0.4, -0.2) is 54.7 Å². The highest BCUT2D eigenvalue weighted by molar-refractivity contribution is 4.85. The van der Waals surface area contributed by atoms with Crippen molar-refractivity contribution in [1.82, 2.24) is 4.90 Å². The van der Waals surface area contributed by atoms with Gasteiger partial charge in [0.25, 0.3) is 0 Å². The average Bonchev–Trinajstić information content (AvgIpc) is 2.90. The molecule has 1 unspecified atom stereocenters. The summed E-state index contributed by atoms with van der Waals surface area (Å²) in [5.41, 5.74) is 0. The lowest BCUT2D eigenvalue weighted by Crippen LogP contribution is -2.36. The van der Waals surface area contributed by atoms with Crippen LogP contribution in [0.1, 0.15) is 32.6 Å². The molecule has 1 saturated heterocycles. The van der Waals surface area contributed by atoms with Crippen LogP contribution in [0.25, 0.3) is 0 Å². The zero-order chi connectivity index (χ0) is 11.4. The topological polar surface area (TPSA) is 41.9 Å². The molecule has 0 radical (unpaired) electrons. The molecule has 94 valence electrons. The van der Waals surface area contributed by atoms with E-state index in [1.807, 2.05) is 0 Å². The molecule has 0 amide bonds. The summed E-state index contributed by atoms with van der Waals surface area (Å²) < 4.78 is 11.9. The standard InChI is InChI=1S/C12H23NO3/c1-2-13(7-8-14)9-11-10-15-12(16-11)5-3-4-6-12/h11,14H,2-10H2,1H3. The van der Waals surface area contributed by atoms with Gasteiger partial charge in [-0.3, -0.25) is 4.90 Å². The van der Waals surface area contributed by atoms with Gasteiger partial charge in [0.15, 0.2) is 5.79 Å². The summed E-state index contributed by atoms with van der Waals surface area (Å²) in [6, 6.07) is 0. The quantitative estimate of drug-likeness (QED) is 0.763. The van der Waals surface area contributed by atoms with Crippen molar-refractivity contribution < 1.29 is 14.6 Å². The molecular formula is C12H23NO3. The van der Waals surface area contributed by atoms with Gasteiger partial charge >= 0.3 is 0 Å². The minimum Gasteiger partial charge on any atom is -0.395 e. The number of rotatable bonds is 5. The molecule has 2 rings (SSSR count). The SMILES string of the molecule is CCN(CCO)CC1COC2(CCCC2)O1.